The number of fused-ring (bicyclic) bond motifs is 1. The summed E-state index contributed by atoms with van der Waals surface area (Å²) in [5.41, 5.74) is 2.38. The van der Waals surface area contributed by atoms with Crippen LogP contribution in [0.15, 0.2) is 54.6 Å². The first-order valence-corrected chi connectivity index (χ1v) is 17.4. The molecule has 3 heterocycles. The topological polar surface area (TPSA) is 81.5 Å². The first kappa shape index (κ1) is 35.4. The fourth-order valence-electron chi connectivity index (χ4n) is 7.44. The van der Waals surface area contributed by atoms with Crippen LogP contribution in [-0.2, 0) is 28.0 Å². The fraction of sp³-hybridized carbons (Fsp3) is 0.474. The molecule has 3 aromatic carbocycles. The number of imidazole rings is 1. The lowest BCUT2D eigenvalue weighted by Gasteiger charge is -2.31. The molecule has 2 fully saturated rings. The van der Waals surface area contributed by atoms with Gasteiger partial charge in [0.15, 0.2) is 23.1 Å². The number of rotatable bonds is 14. The number of amides is 1. The van der Waals surface area contributed by atoms with Crippen molar-refractivity contribution in [1.29, 1.82) is 0 Å². The molecule has 4 aromatic rings. The average molecular weight is 692 g/mol. The molecule has 1 amide bonds. The summed E-state index contributed by atoms with van der Waals surface area (Å²) in [4.78, 5) is 26.0. The van der Waals surface area contributed by atoms with Crippen molar-refractivity contribution in [2.75, 3.05) is 78.7 Å². The molecule has 2 aliphatic rings. The Kier molecular flexibility index (Phi) is 11.1. The normalized spacial score (nSPS) is 18.6. The Hall–Kier alpha value is -4.42. The summed E-state index contributed by atoms with van der Waals surface area (Å²) in [5.74, 6) is 0.442. The standard InChI is InChI=1S/C38H47F2N5O5/c1-5-50-22-21-45-32-10-7-6-9-31(32)41-37(45)43-16-8-15-42(19-20-43)17-13-38(28-11-12-29(39)30(40)25-28)14-18-44(36(38)46)26-27-23-33(47-2)35(49-4)34(24-27)48-3/h6-7,9-12,23-25H,5,8,13-22,26H2,1-4H3. The van der Waals surface area contributed by atoms with Gasteiger partial charge in [-0.3, -0.25) is 4.79 Å². The summed E-state index contributed by atoms with van der Waals surface area (Å²) in [7, 11) is 4.65. The zero-order chi connectivity index (χ0) is 35.3. The van der Waals surface area contributed by atoms with E-state index in [0.29, 0.717) is 68.5 Å². The average Bonchev–Trinajstić information content (AvgIpc) is 3.54. The van der Waals surface area contributed by atoms with Crippen LogP contribution in [0.2, 0.25) is 0 Å². The van der Waals surface area contributed by atoms with Crippen LogP contribution in [0.25, 0.3) is 11.0 Å². The Morgan fingerprint density at radius 3 is 2.36 bits per heavy atom. The molecule has 2 aliphatic heterocycles. The maximum Gasteiger partial charge on any atom is 0.233 e. The van der Waals surface area contributed by atoms with Crippen LogP contribution in [0.5, 0.6) is 17.2 Å². The van der Waals surface area contributed by atoms with E-state index in [9.17, 15) is 13.6 Å². The summed E-state index contributed by atoms with van der Waals surface area (Å²) in [6, 6.07) is 15.8. The molecule has 2 saturated heterocycles. The van der Waals surface area contributed by atoms with E-state index in [-0.39, 0.29) is 5.91 Å². The lowest BCUT2D eigenvalue weighted by molar-refractivity contribution is -0.133. The van der Waals surface area contributed by atoms with Gasteiger partial charge in [0.1, 0.15) is 0 Å². The summed E-state index contributed by atoms with van der Waals surface area (Å²) in [6.45, 7) is 8.68. The maximum atomic E-state index is 14.7. The van der Waals surface area contributed by atoms with Gasteiger partial charge in [0.05, 0.1) is 44.4 Å². The van der Waals surface area contributed by atoms with Crippen molar-refractivity contribution in [1.82, 2.24) is 19.4 Å². The highest BCUT2D eigenvalue weighted by Gasteiger charge is 2.48. The van der Waals surface area contributed by atoms with Gasteiger partial charge >= 0.3 is 0 Å². The zero-order valence-electron chi connectivity index (χ0n) is 29.4. The number of ether oxygens (including phenoxy) is 4. The fourth-order valence-corrected chi connectivity index (χ4v) is 7.44. The number of hydrogen-bond acceptors (Lipinski definition) is 8. The molecule has 12 heteroatoms. The van der Waals surface area contributed by atoms with E-state index in [1.54, 1.807) is 32.3 Å². The molecule has 1 unspecified atom stereocenters. The van der Waals surface area contributed by atoms with Gasteiger partial charge in [-0.25, -0.2) is 13.8 Å². The molecule has 1 atom stereocenters. The van der Waals surface area contributed by atoms with E-state index in [4.69, 9.17) is 23.9 Å². The predicted molar refractivity (Wildman–Crippen MR) is 188 cm³/mol. The zero-order valence-corrected chi connectivity index (χ0v) is 29.4. The molecule has 1 aromatic heterocycles. The summed E-state index contributed by atoms with van der Waals surface area (Å²) in [6.07, 6.45) is 1.90. The van der Waals surface area contributed by atoms with Gasteiger partial charge in [-0.2, -0.15) is 0 Å². The number of aromatic nitrogens is 2. The minimum absolute atomic E-state index is 0.100. The molecule has 0 bridgehead atoms. The monoisotopic (exact) mass is 691 g/mol. The Bertz CT molecular complexity index is 1780. The number of benzene rings is 3. The first-order chi connectivity index (χ1) is 24.3. The second kappa shape index (κ2) is 15.6. The Morgan fingerprint density at radius 1 is 0.860 bits per heavy atom. The van der Waals surface area contributed by atoms with Crippen LogP contribution < -0.4 is 19.1 Å². The molecule has 0 radical (unpaired) electrons. The highest BCUT2D eigenvalue weighted by Crippen LogP contribution is 2.42. The van der Waals surface area contributed by atoms with E-state index < -0.39 is 17.0 Å². The molecule has 0 saturated carbocycles. The number of methoxy groups -OCH3 is 3. The van der Waals surface area contributed by atoms with Crippen molar-refractivity contribution in [3.05, 3.63) is 77.4 Å². The molecular weight excluding hydrogens is 644 g/mol. The van der Waals surface area contributed by atoms with Gasteiger partial charge in [-0.05, 0) is 86.8 Å². The highest BCUT2D eigenvalue weighted by molar-refractivity contribution is 5.90. The predicted octanol–water partition coefficient (Wildman–Crippen LogP) is 5.65. The Morgan fingerprint density at radius 2 is 1.64 bits per heavy atom. The second-order valence-corrected chi connectivity index (χ2v) is 12.9. The molecule has 6 rings (SSSR count). The minimum atomic E-state index is -0.992. The van der Waals surface area contributed by atoms with Crippen molar-refractivity contribution < 1.29 is 32.5 Å². The van der Waals surface area contributed by atoms with E-state index in [0.717, 1.165) is 67.8 Å². The second-order valence-electron chi connectivity index (χ2n) is 12.9. The molecule has 0 spiro atoms. The van der Waals surface area contributed by atoms with Gasteiger partial charge in [0.2, 0.25) is 17.6 Å². The van der Waals surface area contributed by atoms with Gasteiger partial charge in [0.25, 0.3) is 0 Å². The van der Waals surface area contributed by atoms with E-state index in [2.05, 4.69) is 20.4 Å². The number of anilines is 1. The summed E-state index contributed by atoms with van der Waals surface area (Å²) >= 11 is 0. The Balaban J connectivity index is 1.20. The first-order valence-electron chi connectivity index (χ1n) is 17.4. The third-order valence-corrected chi connectivity index (χ3v) is 10.1. The lowest BCUT2D eigenvalue weighted by Crippen LogP contribution is -2.41. The van der Waals surface area contributed by atoms with Crippen molar-refractivity contribution in [3.63, 3.8) is 0 Å². The molecular formula is C38H47F2N5O5. The van der Waals surface area contributed by atoms with Crippen LogP contribution in [0.4, 0.5) is 14.7 Å². The van der Waals surface area contributed by atoms with Gasteiger partial charge in [-0.15, -0.1) is 0 Å². The van der Waals surface area contributed by atoms with Crippen molar-refractivity contribution in [3.8, 4) is 17.2 Å². The maximum absolute atomic E-state index is 14.7. The number of likely N-dealkylation sites (tertiary alicyclic amines) is 1. The van der Waals surface area contributed by atoms with Crippen molar-refractivity contribution in [2.45, 2.75) is 44.7 Å². The van der Waals surface area contributed by atoms with Crippen molar-refractivity contribution in [2.24, 2.45) is 0 Å². The van der Waals surface area contributed by atoms with Crippen LogP contribution in [-0.4, -0.2) is 99.1 Å². The quantitative estimate of drug-likeness (QED) is 0.157. The van der Waals surface area contributed by atoms with Crippen LogP contribution in [0.1, 0.15) is 37.3 Å². The lowest BCUT2D eigenvalue weighted by atomic mass is 9.76. The summed E-state index contributed by atoms with van der Waals surface area (Å²) in [5, 5.41) is 0. The number of para-hydroxylation sites is 2. The van der Waals surface area contributed by atoms with Gasteiger partial charge in [0, 0.05) is 45.9 Å². The number of carbonyl (C=O) groups excluding carboxylic acids is 1. The smallest absolute Gasteiger partial charge is 0.233 e. The minimum Gasteiger partial charge on any atom is -0.493 e. The molecule has 0 N–H and O–H groups in total. The summed E-state index contributed by atoms with van der Waals surface area (Å²) < 4.78 is 53.3. The third-order valence-electron chi connectivity index (χ3n) is 10.1. The third kappa shape index (κ3) is 7.09. The SMILES string of the molecule is CCOCCn1c(N2CCCN(CCC3(c4ccc(F)c(F)c4)CCN(Cc4cc(OC)c(OC)c(OC)c4)C3=O)CC2)nc2ccccc21. The van der Waals surface area contributed by atoms with Crippen LogP contribution in [0, 0.1) is 11.6 Å². The van der Waals surface area contributed by atoms with Crippen molar-refractivity contribution >= 4 is 22.9 Å². The van der Waals surface area contributed by atoms with E-state index in [1.807, 2.05) is 37.3 Å². The van der Waals surface area contributed by atoms with E-state index >= 15 is 0 Å². The van der Waals surface area contributed by atoms with E-state index in [1.165, 1.54) is 6.07 Å². The Labute approximate surface area is 292 Å². The van der Waals surface area contributed by atoms with Crippen LogP contribution in [0.3, 0.4) is 0 Å². The number of hydrogen-bond donors (Lipinski definition) is 0. The van der Waals surface area contributed by atoms with Gasteiger partial charge in [-0.1, -0.05) is 18.2 Å². The molecule has 268 valence electrons. The molecule has 0 aliphatic carbocycles. The molecule has 10 nitrogen and oxygen atoms in total. The van der Waals surface area contributed by atoms with Crippen LogP contribution >= 0.6 is 0 Å². The number of halogens is 2. The molecule has 50 heavy (non-hydrogen) atoms. The van der Waals surface area contributed by atoms with Gasteiger partial charge < -0.3 is 38.2 Å². The largest absolute Gasteiger partial charge is 0.493 e. The highest BCUT2D eigenvalue weighted by atomic mass is 19.2. The number of carbonyl (C=O) groups is 1. The number of nitrogens with zero attached hydrogens (tertiary/aromatic N) is 5.